The lowest BCUT2D eigenvalue weighted by Gasteiger charge is -2.29. The van der Waals surface area contributed by atoms with E-state index in [0.29, 0.717) is 24.7 Å². The number of rotatable bonds is 7. The number of carbonyl (C=O) groups is 1. The molecular formula is C21H23N3O4S. The lowest BCUT2D eigenvalue weighted by Crippen LogP contribution is -2.39. The van der Waals surface area contributed by atoms with Crippen LogP contribution >= 0.6 is 11.3 Å². The first-order valence-corrected chi connectivity index (χ1v) is 10.6. The second-order valence-corrected chi connectivity index (χ2v) is 7.82. The summed E-state index contributed by atoms with van der Waals surface area (Å²) >= 11 is 1.57. The molecule has 1 N–H and O–H groups in total. The molecule has 0 spiro atoms. The van der Waals surface area contributed by atoms with E-state index in [2.05, 4.69) is 10.1 Å². The number of thiophene rings is 1. The number of methoxy groups -OCH3 is 1. The maximum Gasteiger partial charge on any atom is 0.227 e. The standard InChI is InChI=1S/C21H23N3O4S/c1-27-16-6-4-14(5-7-16)20(26)17-3-2-11-24(17)19(25)9-8-18-22-21(23-28-18)15-10-12-29-13-15/h4-7,10,12-13,17,20,26H,2-3,8-9,11H2,1H3/t17-,20-/m0/s1. The third-order valence-corrected chi connectivity index (χ3v) is 5.92. The normalized spacial score (nSPS) is 17.4. The van der Waals surface area contributed by atoms with Gasteiger partial charge in [-0.15, -0.1) is 0 Å². The van der Waals surface area contributed by atoms with E-state index < -0.39 is 6.10 Å². The summed E-state index contributed by atoms with van der Waals surface area (Å²) in [5, 5.41) is 18.7. The summed E-state index contributed by atoms with van der Waals surface area (Å²) in [6, 6.07) is 9.03. The number of carbonyl (C=O) groups excluding carboxylic acids is 1. The average molecular weight is 413 g/mol. The first-order valence-electron chi connectivity index (χ1n) is 9.62. The lowest BCUT2D eigenvalue weighted by molar-refractivity contribution is -0.134. The molecule has 0 bridgehead atoms. The summed E-state index contributed by atoms with van der Waals surface area (Å²) in [5.41, 5.74) is 1.70. The van der Waals surface area contributed by atoms with Crippen LogP contribution in [0.15, 0.2) is 45.6 Å². The molecule has 1 aliphatic rings. The van der Waals surface area contributed by atoms with Crippen LogP contribution in [0.4, 0.5) is 0 Å². The van der Waals surface area contributed by atoms with Gasteiger partial charge in [-0.2, -0.15) is 16.3 Å². The van der Waals surface area contributed by atoms with Gasteiger partial charge in [0.25, 0.3) is 0 Å². The molecule has 2 atom stereocenters. The minimum absolute atomic E-state index is 0.00431. The molecule has 4 rings (SSSR count). The Morgan fingerprint density at radius 3 is 2.93 bits per heavy atom. The maximum atomic E-state index is 12.8. The molecule has 0 saturated carbocycles. The van der Waals surface area contributed by atoms with Crippen molar-refractivity contribution in [2.45, 2.75) is 37.8 Å². The van der Waals surface area contributed by atoms with Crippen molar-refractivity contribution < 1.29 is 19.2 Å². The molecule has 7 nitrogen and oxygen atoms in total. The van der Waals surface area contributed by atoms with Crippen LogP contribution in [0.5, 0.6) is 5.75 Å². The van der Waals surface area contributed by atoms with Crippen molar-refractivity contribution in [2.75, 3.05) is 13.7 Å². The van der Waals surface area contributed by atoms with Crippen molar-refractivity contribution >= 4 is 17.2 Å². The Morgan fingerprint density at radius 2 is 2.21 bits per heavy atom. The summed E-state index contributed by atoms with van der Waals surface area (Å²) in [6.07, 6.45) is 1.60. The van der Waals surface area contributed by atoms with Gasteiger partial charge in [-0.1, -0.05) is 17.3 Å². The molecule has 3 aromatic rings. The molecule has 0 unspecified atom stereocenters. The molecular weight excluding hydrogens is 390 g/mol. The molecule has 3 heterocycles. The highest BCUT2D eigenvalue weighted by atomic mass is 32.1. The zero-order valence-electron chi connectivity index (χ0n) is 16.2. The van der Waals surface area contributed by atoms with Crippen molar-refractivity contribution in [3.05, 3.63) is 52.5 Å². The third kappa shape index (κ3) is 4.33. The molecule has 0 radical (unpaired) electrons. The number of amides is 1. The van der Waals surface area contributed by atoms with E-state index in [1.54, 1.807) is 23.3 Å². The number of nitrogens with zero attached hydrogens (tertiary/aromatic N) is 3. The zero-order chi connectivity index (χ0) is 20.2. The van der Waals surface area contributed by atoms with Crippen LogP contribution in [0, 0.1) is 0 Å². The fourth-order valence-corrected chi connectivity index (χ4v) is 4.31. The molecule has 29 heavy (non-hydrogen) atoms. The van der Waals surface area contributed by atoms with E-state index in [-0.39, 0.29) is 18.4 Å². The topological polar surface area (TPSA) is 88.7 Å². The number of ether oxygens (including phenoxy) is 1. The lowest BCUT2D eigenvalue weighted by atomic mass is 10.00. The number of aliphatic hydroxyl groups is 1. The minimum atomic E-state index is -0.721. The highest BCUT2D eigenvalue weighted by Crippen LogP contribution is 2.31. The van der Waals surface area contributed by atoms with Crippen LogP contribution < -0.4 is 4.74 Å². The van der Waals surface area contributed by atoms with Crippen LogP contribution in [0.25, 0.3) is 11.4 Å². The first-order chi connectivity index (χ1) is 14.2. The quantitative estimate of drug-likeness (QED) is 0.638. The van der Waals surface area contributed by atoms with E-state index >= 15 is 0 Å². The van der Waals surface area contributed by atoms with Gasteiger partial charge in [-0.3, -0.25) is 4.79 Å². The number of aromatic nitrogens is 2. The molecule has 1 fully saturated rings. The van der Waals surface area contributed by atoms with E-state index in [0.717, 1.165) is 29.7 Å². The summed E-state index contributed by atoms with van der Waals surface area (Å²) in [4.78, 5) is 19.0. The van der Waals surface area contributed by atoms with Gasteiger partial charge in [0.15, 0.2) is 0 Å². The van der Waals surface area contributed by atoms with Gasteiger partial charge >= 0.3 is 0 Å². The maximum absolute atomic E-state index is 12.8. The molecule has 1 amide bonds. The first kappa shape index (κ1) is 19.6. The zero-order valence-corrected chi connectivity index (χ0v) is 17.0. The molecule has 8 heteroatoms. The fraction of sp³-hybridized carbons (Fsp3) is 0.381. The average Bonchev–Trinajstić information content (AvgIpc) is 3.52. The third-order valence-electron chi connectivity index (χ3n) is 5.24. The summed E-state index contributed by atoms with van der Waals surface area (Å²) in [6.45, 7) is 0.653. The van der Waals surface area contributed by atoms with Crippen molar-refractivity contribution in [1.29, 1.82) is 0 Å². The summed E-state index contributed by atoms with van der Waals surface area (Å²) < 4.78 is 10.4. The van der Waals surface area contributed by atoms with Crippen molar-refractivity contribution in [3.63, 3.8) is 0 Å². The molecule has 2 aromatic heterocycles. The van der Waals surface area contributed by atoms with Crippen molar-refractivity contribution in [2.24, 2.45) is 0 Å². The second-order valence-electron chi connectivity index (χ2n) is 7.04. The molecule has 0 aliphatic carbocycles. The Morgan fingerprint density at radius 1 is 1.38 bits per heavy atom. The fourth-order valence-electron chi connectivity index (χ4n) is 3.68. The Bertz CT molecular complexity index is 939. The largest absolute Gasteiger partial charge is 0.497 e. The number of benzene rings is 1. The highest BCUT2D eigenvalue weighted by molar-refractivity contribution is 7.08. The Kier molecular flexibility index (Phi) is 5.92. The molecule has 1 aliphatic heterocycles. The number of hydrogen-bond donors (Lipinski definition) is 1. The highest BCUT2D eigenvalue weighted by Gasteiger charge is 2.34. The SMILES string of the molecule is COc1ccc([C@H](O)[C@@H]2CCCN2C(=O)CCc2nc(-c3ccsc3)no2)cc1. The predicted molar refractivity (Wildman–Crippen MR) is 109 cm³/mol. The number of hydrogen-bond acceptors (Lipinski definition) is 7. The Balaban J connectivity index is 1.37. The van der Waals surface area contributed by atoms with Gasteiger partial charge in [0.1, 0.15) is 5.75 Å². The Hall–Kier alpha value is -2.71. The number of aliphatic hydroxyl groups excluding tert-OH is 1. The van der Waals surface area contributed by atoms with Gasteiger partial charge in [0, 0.05) is 30.3 Å². The molecule has 1 aromatic carbocycles. The molecule has 1 saturated heterocycles. The van der Waals surface area contributed by atoms with Crippen LogP contribution in [0.1, 0.15) is 36.8 Å². The Labute approximate surface area is 172 Å². The summed E-state index contributed by atoms with van der Waals surface area (Å²) in [7, 11) is 1.61. The van der Waals surface area contributed by atoms with E-state index in [1.165, 1.54) is 0 Å². The smallest absolute Gasteiger partial charge is 0.227 e. The summed E-state index contributed by atoms with van der Waals surface area (Å²) in [5.74, 6) is 1.73. The van der Waals surface area contributed by atoms with E-state index in [9.17, 15) is 9.90 Å². The predicted octanol–water partition coefficient (Wildman–Crippen LogP) is 3.46. The molecule has 152 valence electrons. The van der Waals surface area contributed by atoms with Gasteiger partial charge in [-0.25, -0.2) is 0 Å². The van der Waals surface area contributed by atoms with Gasteiger partial charge in [0.2, 0.25) is 17.6 Å². The van der Waals surface area contributed by atoms with E-state index in [1.807, 2.05) is 41.1 Å². The van der Waals surface area contributed by atoms with E-state index in [4.69, 9.17) is 9.26 Å². The van der Waals surface area contributed by atoms with Gasteiger partial charge in [-0.05, 0) is 42.0 Å². The van der Waals surface area contributed by atoms with Gasteiger partial charge in [0.05, 0.1) is 19.3 Å². The second kappa shape index (κ2) is 8.75. The monoisotopic (exact) mass is 413 g/mol. The van der Waals surface area contributed by atoms with Gasteiger partial charge < -0.3 is 19.3 Å². The van der Waals surface area contributed by atoms with Crippen LogP contribution in [0.3, 0.4) is 0 Å². The number of aryl methyl sites for hydroxylation is 1. The minimum Gasteiger partial charge on any atom is -0.497 e. The van der Waals surface area contributed by atoms with Crippen LogP contribution in [0.2, 0.25) is 0 Å². The number of likely N-dealkylation sites (tertiary alicyclic amines) is 1. The van der Waals surface area contributed by atoms with Crippen molar-refractivity contribution in [3.8, 4) is 17.1 Å². The van der Waals surface area contributed by atoms with Crippen molar-refractivity contribution in [1.82, 2.24) is 15.0 Å². The van der Waals surface area contributed by atoms with Crippen LogP contribution in [-0.2, 0) is 11.2 Å². The van der Waals surface area contributed by atoms with Crippen LogP contribution in [-0.4, -0.2) is 45.8 Å².